The van der Waals surface area contributed by atoms with Crippen LogP contribution in [0.5, 0.6) is 0 Å². The first-order valence-electron chi connectivity index (χ1n) is 5.45. The van der Waals surface area contributed by atoms with Crippen molar-refractivity contribution < 1.29 is 18.3 Å². The molecular weight excluding hydrogens is 276 g/mol. The van der Waals surface area contributed by atoms with Crippen LogP contribution in [0.1, 0.15) is 25.3 Å². The van der Waals surface area contributed by atoms with Gasteiger partial charge in [-0.05, 0) is 20.3 Å². The van der Waals surface area contributed by atoms with E-state index in [9.17, 15) is 13.2 Å². The van der Waals surface area contributed by atoms with Crippen molar-refractivity contribution in [2.24, 2.45) is 0 Å². The molecule has 1 aromatic rings. The smallest absolute Gasteiger partial charge is 0.318 e. The van der Waals surface area contributed by atoms with Crippen LogP contribution in [0.2, 0.25) is 0 Å². The molecule has 0 aliphatic carbocycles. The lowest BCUT2D eigenvalue weighted by Gasteiger charge is -2.25. The number of nitrogens with zero attached hydrogens (tertiary/aromatic N) is 2. The fraction of sp³-hybridized carbons (Fsp3) is 0.600. The molecule has 1 heterocycles. The summed E-state index contributed by atoms with van der Waals surface area (Å²) in [5.74, 6) is -1.17. The van der Waals surface area contributed by atoms with Crippen molar-refractivity contribution in [1.82, 2.24) is 9.29 Å². The third-order valence-corrected chi connectivity index (χ3v) is 5.85. The third kappa shape index (κ3) is 3.27. The Balaban J connectivity index is 3.15. The average Bonchev–Trinajstić information content (AvgIpc) is 2.72. The summed E-state index contributed by atoms with van der Waals surface area (Å²) < 4.78 is 25.7. The summed E-state index contributed by atoms with van der Waals surface area (Å²) in [6.07, 6.45) is 1.82. The van der Waals surface area contributed by atoms with Crippen molar-refractivity contribution in [3.63, 3.8) is 0 Å². The van der Waals surface area contributed by atoms with Crippen LogP contribution in [-0.2, 0) is 14.8 Å². The number of sulfonamides is 1. The van der Waals surface area contributed by atoms with Gasteiger partial charge in [-0.15, -0.1) is 11.3 Å². The molecule has 1 aromatic heterocycles. The number of carbonyl (C=O) groups is 1. The Hall–Kier alpha value is -0.990. The van der Waals surface area contributed by atoms with E-state index in [0.29, 0.717) is 11.4 Å². The summed E-state index contributed by atoms with van der Waals surface area (Å²) in [5.41, 5.74) is 0. The standard InChI is InChI=1S/C10H16N2O4S2/c1-4-7(2)12(6-9(13)14)18(15,16)10-5-11-8(3)17-10/h5,7H,4,6H2,1-3H3,(H,13,14). The first kappa shape index (κ1) is 15.1. The Morgan fingerprint density at radius 3 is 2.61 bits per heavy atom. The number of thiazole rings is 1. The van der Waals surface area contributed by atoms with E-state index in [1.165, 1.54) is 6.20 Å². The number of carboxylic acid groups (broad SMARTS) is 1. The van der Waals surface area contributed by atoms with Crippen molar-refractivity contribution >= 4 is 27.3 Å². The average molecular weight is 292 g/mol. The summed E-state index contributed by atoms with van der Waals surface area (Å²) in [6, 6.07) is -0.367. The second kappa shape index (κ2) is 5.77. The van der Waals surface area contributed by atoms with Crippen LogP contribution in [0, 0.1) is 6.92 Å². The highest BCUT2D eigenvalue weighted by atomic mass is 32.2. The van der Waals surface area contributed by atoms with Gasteiger partial charge in [0.15, 0.2) is 4.21 Å². The molecule has 0 aromatic carbocycles. The van der Waals surface area contributed by atoms with E-state index >= 15 is 0 Å². The SMILES string of the molecule is CCC(C)N(CC(=O)O)S(=O)(=O)c1cnc(C)s1. The monoisotopic (exact) mass is 292 g/mol. The van der Waals surface area contributed by atoms with Crippen molar-refractivity contribution in [3.8, 4) is 0 Å². The van der Waals surface area contributed by atoms with Crippen LogP contribution >= 0.6 is 11.3 Å². The second-order valence-electron chi connectivity index (χ2n) is 3.90. The van der Waals surface area contributed by atoms with Crippen LogP contribution < -0.4 is 0 Å². The molecule has 1 atom stereocenters. The minimum Gasteiger partial charge on any atom is -0.480 e. The Morgan fingerprint density at radius 1 is 1.61 bits per heavy atom. The zero-order chi connectivity index (χ0) is 13.9. The molecule has 0 aliphatic rings. The molecule has 0 saturated heterocycles. The summed E-state index contributed by atoms with van der Waals surface area (Å²) in [5, 5.41) is 9.46. The molecule has 1 N–H and O–H groups in total. The van der Waals surface area contributed by atoms with Crippen molar-refractivity contribution in [2.75, 3.05) is 6.54 Å². The largest absolute Gasteiger partial charge is 0.480 e. The second-order valence-corrected chi connectivity index (χ2v) is 7.25. The maximum atomic E-state index is 12.3. The molecule has 1 rings (SSSR count). The van der Waals surface area contributed by atoms with Gasteiger partial charge in [0.05, 0.1) is 11.2 Å². The predicted molar refractivity (Wildman–Crippen MR) is 68.1 cm³/mol. The van der Waals surface area contributed by atoms with Gasteiger partial charge in [0, 0.05) is 6.04 Å². The molecule has 0 bridgehead atoms. The van der Waals surface area contributed by atoms with Gasteiger partial charge in [0.1, 0.15) is 6.54 Å². The van der Waals surface area contributed by atoms with Crippen LogP contribution in [0.25, 0.3) is 0 Å². The number of carboxylic acids is 1. The van der Waals surface area contributed by atoms with E-state index in [1.807, 2.05) is 6.92 Å². The topological polar surface area (TPSA) is 87.6 Å². The van der Waals surface area contributed by atoms with Crippen LogP contribution in [0.4, 0.5) is 0 Å². The zero-order valence-corrected chi connectivity index (χ0v) is 12.1. The van der Waals surface area contributed by atoms with E-state index in [2.05, 4.69) is 4.98 Å². The lowest BCUT2D eigenvalue weighted by molar-refractivity contribution is -0.137. The van der Waals surface area contributed by atoms with Gasteiger partial charge in [-0.25, -0.2) is 13.4 Å². The number of aryl methyl sites for hydroxylation is 1. The number of aromatic nitrogens is 1. The molecule has 0 amide bonds. The Kier molecular flexibility index (Phi) is 4.83. The van der Waals surface area contributed by atoms with Gasteiger partial charge < -0.3 is 5.11 Å². The lowest BCUT2D eigenvalue weighted by atomic mass is 10.2. The van der Waals surface area contributed by atoms with E-state index in [4.69, 9.17) is 5.11 Å². The maximum Gasteiger partial charge on any atom is 0.318 e. The van der Waals surface area contributed by atoms with Gasteiger partial charge in [0.25, 0.3) is 10.0 Å². The Labute approximate surface area is 110 Å². The normalized spacial score (nSPS) is 13.8. The lowest BCUT2D eigenvalue weighted by Crippen LogP contribution is -2.41. The van der Waals surface area contributed by atoms with E-state index in [1.54, 1.807) is 13.8 Å². The molecule has 1 unspecified atom stereocenters. The number of hydrogen-bond donors (Lipinski definition) is 1. The summed E-state index contributed by atoms with van der Waals surface area (Å²) in [7, 11) is -3.78. The van der Waals surface area contributed by atoms with Crippen molar-refractivity contribution in [1.29, 1.82) is 0 Å². The summed E-state index contributed by atoms with van der Waals surface area (Å²) in [6.45, 7) is 4.67. The highest BCUT2D eigenvalue weighted by Gasteiger charge is 2.31. The summed E-state index contributed by atoms with van der Waals surface area (Å²) >= 11 is 1.04. The quantitative estimate of drug-likeness (QED) is 0.854. The third-order valence-electron chi connectivity index (χ3n) is 2.54. The molecule has 0 spiro atoms. The molecule has 0 aliphatic heterocycles. The first-order valence-corrected chi connectivity index (χ1v) is 7.70. The predicted octanol–water partition coefficient (Wildman–Crippen LogP) is 1.33. The fourth-order valence-electron chi connectivity index (χ4n) is 1.39. The van der Waals surface area contributed by atoms with E-state index in [-0.39, 0.29) is 10.3 Å². The van der Waals surface area contributed by atoms with Gasteiger partial charge >= 0.3 is 5.97 Å². The Bertz CT molecular complexity index is 524. The molecule has 0 radical (unpaired) electrons. The number of hydrogen-bond acceptors (Lipinski definition) is 5. The molecule has 8 heteroatoms. The molecule has 6 nitrogen and oxygen atoms in total. The number of aliphatic carboxylic acids is 1. The van der Waals surface area contributed by atoms with E-state index < -0.39 is 22.5 Å². The first-order chi connectivity index (χ1) is 8.28. The molecule has 18 heavy (non-hydrogen) atoms. The van der Waals surface area contributed by atoms with E-state index in [0.717, 1.165) is 15.6 Å². The molecular formula is C10H16N2O4S2. The molecule has 0 fully saturated rings. The number of rotatable bonds is 6. The van der Waals surface area contributed by atoms with Crippen molar-refractivity contribution in [2.45, 2.75) is 37.4 Å². The van der Waals surface area contributed by atoms with Gasteiger partial charge in [-0.2, -0.15) is 4.31 Å². The highest BCUT2D eigenvalue weighted by molar-refractivity contribution is 7.91. The fourth-order valence-corrected chi connectivity index (χ4v) is 4.28. The molecule has 102 valence electrons. The minimum atomic E-state index is -3.78. The molecule has 0 saturated carbocycles. The van der Waals surface area contributed by atoms with Crippen LogP contribution in [0.3, 0.4) is 0 Å². The van der Waals surface area contributed by atoms with Gasteiger partial charge in [0.2, 0.25) is 0 Å². The minimum absolute atomic E-state index is 0.0848. The Morgan fingerprint density at radius 2 is 2.22 bits per heavy atom. The highest BCUT2D eigenvalue weighted by Crippen LogP contribution is 2.24. The van der Waals surface area contributed by atoms with Gasteiger partial charge in [-0.1, -0.05) is 6.92 Å². The zero-order valence-electron chi connectivity index (χ0n) is 10.5. The maximum absolute atomic E-state index is 12.3. The summed E-state index contributed by atoms with van der Waals surface area (Å²) in [4.78, 5) is 14.7. The van der Waals surface area contributed by atoms with Crippen LogP contribution in [0.15, 0.2) is 10.4 Å². The van der Waals surface area contributed by atoms with Crippen molar-refractivity contribution in [3.05, 3.63) is 11.2 Å². The van der Waals surface area contributed by atoms with Crippen LogP contribution in [-0.4, -0.2) is 41.4 Å². The van der Waals surface area contributed by atoms with Gasteiger partial charge in [-0.3, -0.25) is 4.79 Å².